The number of carboxylic acid groups (broad SMARTS) is 1. The quantitative estimate of drug-likeness (QED) is 0.507. The third-order valence-corrected chi connectivity index (χ3v) is 5.32. The van der Waals surface area contributed by atoms with Gasteiger partial charge in [0, 0.05) is 6.54 Å². The molecular weight excluding hydrogens is 286 g/mol. The minimum atomic E-state index is -0.830. The van der Waals surface area contributed by atoms with Gasteiger partial charge >= 0.3 is 5.97 Å². The second-order valence-electron chi connectivity index (χ2n) is 6.04. The van der Waals surface area contributed by atoms with Crippen LogP contribution in [0, 0.1) is 23.7 Å². The van der Waals surface area contributed by atoms with Crippen molar-refractivity contribution in [3.63, 3.8) is 0 Å². The molecule has 0 aromatic heterocycles. The standard InChI is InChI=1S/C16H25NO3S/c1-21-9-5-3-2-4-8-17-15(18)13-11-6-7-12(10-11)14(13)16(19)20/h6-7,11-14H,2-5,8-10H2,1H3,(H,17,18)(H,19,20). The van der Waals surface area contributed by atoms with Crippen LogP contribution in [0.15, 0.2) is 12.2 Å². The molecule has 21 heavy (non-hydrogen) atoms. The predicted octanol–water partition coefficient (Wildman–Crippen LogP) is 2.55. The molecule has 5 heteroatoms. The van der Waals surface area contributed by atoms with Gasteiger partial charge in [0.25, 0.3) is 0 Å². The highest BCUT2D eigenvalue weighted by atomic mass is 32.2. The van der Waals surface area contributed by atoms with Gasteiger partial charge in [0.05, 0.1) is 11.8 Å². The summed E-state index contributed by atoms with van der Waals surface area (Å²) in [5, 5.41) is 12.3. The SMILES string of the molecule is CSCCCCCCNC(=O)C1C2C=CC(C2)C1C(=O)O. The molecule has 2 aliphatic carbocycles. The number of rotatable bonds is 9. The molecule has 0 spiro atoms. The van der Waals surface area contributed by atoms with E-state index in [4.69, 9.17) is 0 Å². The van der Waals surface area contributed by atoms with Crippen LogP contribution in [0.2, 0.25) is 0 Å². The van der Waals surface area contributed by atoms with Crippen LogP contribution in [0.1, 0.15) is 32.1 Å². The van der Waals surface area contributed by atoms with Crippen molar-refractivity contribution in [1.82, 2.24) is 5.32 Å². The first kappa shape index (κ1) is 16.4. The zero-order chi connectivity index (χ0) is 15.2. The molecule has 1 fully saturated rings. The second kappa shape index (κ2) is 7.87. The molecule has 4 nitrogen and oxygen atoms in total. The summed E-state index contributed by atoms with van der Waals surface area (Å²) in [4.78, 5) is 23.6. The van der Waals surface area contributed by atoms with Gasteiger partial charge in [-0.05, 0) is 43.1 Å². The summed E-state index contributed by atoms with van der Waals surface area (Å²) in [5.74, 6) is -0.417. The third kappa shape index (κ3) is 4.02. The van der Waals surface area contributed by atoms with E-state index in [0.717, 1.165) is 19.3 Å². The molecular formula is C16H25NO3S. The molecule has 4 unspecified atom stereocenters. The lowest BCUT2D eigenvalue weighted by molar-refractivity contribution is -0.147. The number of carboxylic acids is 1. The molecule has 0 heterocycles. The fourth-order valence-corrected chi connectivity index (χ4v) is 4.06. The molecule has 2 rings (SSSR count). The van der Waals surface area contributed by atoms with Gasteiger partial charge in [-0.15, -0.1) is 0 Å². The molecule has 0 aromatic rings. The predicted molar refractivity (Wildman–Crippen MR) is 85.2 cm³/mol. The van der Waals surface area contributed by atoms with Crippen LogP contribution < -0.4 is 5.32 Å². The van der Waals surface area contributed by atoms with Crippen molar-refractivity contribution in [3.05, 3.63) is 12.2 Å². The number of nitrogens with one attached hydrogen (secondary N) is 1. The van der Waals surface area contributed by atoms with E-state index < -0.39 is 11.9 Å². The maximum absolute atomic E-state index is 12.3. The molecule has 1 saturated carbocycles. The van der Waals surface area contributed by atoms with Crippen molar-refractivity contribution in [3.8, 4) is 0 Å². The molecule has 2 bridgehead atoms. The highest BCUT2D eigenvalue weighted by Crippen LogP contribution is 2.48. The van der Waals surface area contributed by atoms with Gasteiger partial charge in [-0.2, -0.15) is 11.8 Å². The minimum Gasteiger partial charge on any atom is -0.481 e. The van der Waals surface area contributed by atoms with E-state index in [0.29, 0.717) is 6.54 Å². The monoisotopic (exact) mass is 311 g/mol. The zero-order valence-electron chi connectivity index (χ0n) is 12.6. The van der Waals surface area contributed by atoms with Crippen LogP contribution in [0.4, 0.5) is 0 Å². The normalized spacial score (nSPS) is 29.8. The van der Waals surface area contributed by atoms with Crippen molar-refractivity contribution in [1.29, 1.82) is 0 Å². The molecule has 1 amide bonds. The van der Waals surface area contributed by atoms with E-state index in [9.17, 15) is 14.7 Å². The number of carbonyl (C=O) groups is 2. The molecule has 0 aromatic carbocycles. The third-order valence-electron chi connectivity index (χ3n) is 4.62. The Morgan fingerprint density at radius 2 is 1.81 bits per heavy atom. The topological polar surface area (TPSA) is 66.4 Å². The van der Waals surface area contributed by atoms with Gasteiger partial charge < -0.3 is 10.4 Å². The van der Waals surface area contributed by atoms with Gasteiger partial charge in [0.2, 0.25) is 5.91 Å². The summed E-state index contributed by atoms with van der Waals surface area (Å²) in [5.41, 5.74) is 0. The zero-order valence-corrected chi connectivity index (χ0v) is 13.4. The maximum Gasteiger partial charge on any atom is 0.307 e. The number of hydrogen-bond acceptors (Lipinski definition) is 3. The van der Waals surface area contributed by atoms with Crippen LogP contribution in [0.3, 0.4) is 0 Å². The molecule has 0 radical (unpaired) electrons. The molecule has 2 aliphatic rings. The number of amides is 1. The summed E-state index contributed by atoms with van der Waals surface area (Å²) in [6.45, 7) is 0.669. The van der Waals surface area contributed by atoms with Gasteiger partial charge in [-0.3, -0.25) is 9.59 Å². The Balaban J connectivity index is 1.71. The van der Waals surface area contributed by atoms with E-state index in [1.807, 2.05) is 23.9 Å². The van der Waals surface area contributed by atoms with Gasteiger partial charge in [-0.1, -0.05) is 25.0 Å². The van der Waals surface area contributed by atoms with Crippen LogP contribution in [-0.2, 0) is 9.59 Å². The van der Waals surface area contributed by atoms with Crippen molar-refractivity contribution in [2.45, 2.75) is 32.1 Å². The number of hydrogen-bond donors (Lipinski definition) is 2. The van der Waals surface area contributed by atoms with E-state index in [-0.39, 0.29) is 23.7 Å². The first-order valence-corrected chi connectivity index (χ1v) is 9.22. The molecule has 0 saturated heterocycles. The van der Waals surface area contributed by atoms with Crippen molar-refractivity contribution >= 4 is 23.6 Å². The molecule has 2 N–H and O–H groups in total. The Kier molecular flexibility index (Phi) is 6.15. The van der Waals surface area contributed by atoms with Crippen molar-refractivity contribution in [2.24, 2.45) is 23.7 Å². The van der Waals surface area contributed by atoms with E-state index >= 15 is 0 Å². The number of unbranched alkanes of at least 4 members (excludes halogenated alkanes) is 3. The second-order valence-corrected chi connectivity index (χ2v) is 7.02. The highest BCUT2D eigenvalue weighted by molar-refractivity contribution is 7.98. The van der Waals surface area contributed by atoms with Gasteiger partial charge in [-0.25, -0.2) is 0 Å². The van der Waals surface area contributed by atoms with Gasteiger partial charge in [0.1, 0.15) is 0 Å². The van der Waals surface area contributed by atoms with Crippen LogP contribution in [0.25, 0.3) is 0 Å². The van der Waals surface area contributed by atoms with Crippen molar-refractivity contribution < 1.29 is 14.7 Å². The smallest absolute Gasteiger partial charge is 0.307 e. The molecule has 118 valence electrons. The van der Waals surface area contributed by atoms with Crippen molar-refractivity contribution in [2.75, 3.05) is 18.6 Å². The number of fused-ring (bicyclic) bond motifs is 2. The fourth-order valence-electron chi connectivity index (χ4n) is 3.57. The number of allylic oxidation sites excluding steroid dienone is 2. The summed E-state index contributed by atoms with van der Waals surface area (Å²) < 4.78 is 0. The minimum absolute atomic E-state index is 0.0507. The maximum atomic E-state index is 12.3. The largest absolute Gasteiger partial charge is 0.481 e. The summed E-state index contributed by atoms with van der Waals surface area (Å²) in [7, 11) is 0. The summed E-state index contributed by atoms with van der Waals surface area (Å²) in [6, 6.07) is 0. The lowest BCUT2D eigenvalue weighted by atomic mass is 9.82. The Morgan fingerprint density at radius 3 is 2.48 bits per heavy atom. The molecule has 4 atom stereocenters. The number of aliphatic carboxylic acids is 1. The lowest BCUT2D eigenvalue weighted by Gasteiger charge is -2.23. The highest BCUT2D eigenvalue weighted by Gasteiger charge is 2.51. The van der Waals surface area contributed by atoms with E-state index in [2.05, 4.69) is 11.6 Å². The Hall–Kier alpha value is -0.970. The molecule has 0 aliphatic heterocycles. The van der Waals surface area contributed by atoms with E-state index in [1.54, 1.807) is 0 Å². The Labute approximate surface area is 130 Å². The average molecular weight is 311 g/mol. The average Bonchev–Trinajstić information content (AvgIpc) is 3.06. The van der Waals surface area contributed by atoms with E-state index in [1.165, 1.54) is 18.6 Å². The van der Waals surface area contributed by atoms with Crippen LogP contribution >= 0.6 is 11.8 Å². The van der Waals surface area contributed by atoms with Crippen LogP contribution in [0.5, 0.6) is 0 Å². The van der Waals surface area contributed by atoms with Gasteiger partial charge in [0.15, 0.2) is 0 Å². The Bertz CT molecular complexity index is 410. The summed E-state index contributed by atoms with van der Waals surface area (Å²) in [6.07, 6.45) is 11.5. The summed E-state index contributed by atoms with van der Waals surface area (Å²) >= 11 is 1.87. The number of carbonyl (C=O) groups excluding carboxylic acids is 1. The first-order valence-electron chi connectivity index (χ1n) is 7.83. The van der Waals surface area contributed by atoms with Crippen LogP contribution in [-0.4, -0.2) is 35.5 Å². The fraction of sp³-hybridized carbons (Fsp3) is 0.750. The Morgan fingerprint density at radius 1 is 1.14 bits per heavy atom. The number of thioether (sulfide) groups is 1. The first-order chi connectivity index (χ1) is 10.1. The lowest BCUT2D eigenvalue weighted by Crippen LogP contribution is -2.40.